The van der Waals surface area contributed by atoms with E-state index in [-0.39, 0.29) is 24.4 Å². The molecule has 2 aliphatic heterocycles. The van der Waals surface area contributed by atoms with Crippen LogP contribution in [0.15, 0.2) is 54.6 Å². The average molecular weight is 338 g/mol. The Hall–Kier alpha value is -1.68. The summed E-state index contributed by atoms with van der Waals surface area (Å²) < 4.78 is 18.0. The molecule has 4 rings (SSSR count). The second kappa shape index (κ2) is 7.69. The maximum atomic E-state index is 6.42. The summed E-state index contributed by atoms with van der Waals surface area (Å²) in [5, 5.41) is 2.53. The lowest BCUT2D eigenvalue weighted by Crippen LogP contribution is -2.27. The molecule has 3 atom stereocenters. The van der Waals surface area contributed by atoms with Gasteiger partial charge in [0.25, 0.3) is 0 Å². The first-order valence-corrected chi connectivity index (χ1v) is 9.39. The summed E-state index contributed by atoms with van der Waals surface area (Å²) in [5.41, 5.74) is 1.24. The van der Waals surface area contributed by atoms with Crippen LogP contribution in [0.2, 0.25) is 0 Å². The van der Waals surface area contributed by atoms with Crippen molar-refractivity contribution in [2.75, 3.05) is 13.2 Å². The Balaban J connectivity index is 1.56. The molecular weight excluding hydrogens is 312 g/mol. The van der Waals surface area contributed by atoms with E-state index in [4.69, 9.17) is 14.2 Å². The van der Waals surface area contributed by atoms with Crippen LogP contribution in [-0.2, 0) is 14.2 Å². The van der Waals surface area contributed by atoms with Gasteiger partial charge in [0.15, 0.2) is 6.29 Å². The van der Waals surface area contributed by atoms with Crippen molar-refractivity contribution in [2.24, 2.45) is 5.92 Å². The van der Waals surface area contributed by atoms with Crippen LogP contribution in [0.3, 0.4) is 0 Å². The summed E-state index contributed by atoms with van der Waals surface area (Å²) in [4.78, 5) is 0. The van der Waals surface area contributed by atoms with E-state index in [1.165, 1.54) is 16.3 Å². The molecule has 0 saturated carbocycles. The minimum atomic E-state index is -0.137. The van der Waals surface area contributed by atoms with Crippen molar-refractivity contribution in [1.82, 2.24) is 0 Å². The largest absolute Gasteiger partial charge is 0.366 e. The third-order valence-corrected chi connectivity index (χ3v) is 5.15. The number of hydrogen-bond acceptors (Lipinski definition) is 3. The minimum absolute atomic E-state index is 0.0612. The third-order valence-electron chi connectivity index (χ3n) is 5.15. The van der Waals surface area contributed by atoms with Gasteiger partial charge in [-0.05, 0) is 35.2 Å². The molecule has 0 unspecified atom stereocenters. The van der Waals surface area contributed by atoms with Crippen molar-refractivity contribution < 1.29 is 14.2 Å². The summed E-state index contributed by atoms with van der Waals surface area (Å²) in [6.45, 7) is 3.57. The van der Waals surface area contributed by atoms with E-state index in [2.05, 4.69) is 61.5 Å². The normalized spacial score (nSPS) is 27.6. The van der Waals surface area contributed by atoms with Gasteiger partial charge in [-0.25, -0.2) is 0 Å². The van der Waals surface area contributed by atoms with Gasteiger partial charge in [-0.2, -0.15) is 0 Å². The molecule has 0 aliphatic carbocycles. The summed E-state index contributed by atoms with van der Waals surface area (Å²) in [5.74, 6) is 0.257. The van der Waals surface area contributed by atoms with Crippen LogP contribution in [0.25, 0.3) is 10.8 Å². The van der Waals surface area contributed by atoms with Crippen LogP contribution in [0.1, 0.15) is 37.9 Å². The number of rotatable bonds is 5. The van der Waals surface area contributed by atoms with Crippen LogP contribution in [-0.4, -0.2) is 25.6 Å². The molecule has 3 heteroatoms. The number of unbranched alkanes of at least 4 members (excludes halogenated alkanes) is 1. The molecule has 2 heterocycles. The van der Waals surface area contributed by atoms with Crippen molar-refractivity contribution >= 4 is 10.8 Å². The molecule has 0 aromatic heterocycles. The highest BCUT2D eigenvalue weighted by Gasteiger charge is 2.41. The molecule has 0 radical (unpaired) electrons. The zero-order valence-electron chi connectivity index (χ0n) is 14.8. The Labute approximate surface area is 149 Å². The zero-order chi connectivity index (χ0) is 17.1. The Kier molecular flexibility index (Phi) is 5.16. The smallest absolute Gasteiger partial charge is 0.163 e. The molecule has 0 N–H and O–H groups in total. The molecule has 2 aliphatic rings. The quantitative estimate of drug-likeness (QED) is 0.717. The van der Waals surface area contributed by atoms with Gasteiger partial charge in [0.2, 0.25) is 0 Å². The first-order valence-electron chi connectivity index (χ1n) is 9.39. The highest BCUT2D eigenvalue weighted by molar-refractivity contribution is 5.83. The van der Waals surface area contributed by atoms with Gasteiger partial charge in [-0.1, -0.05) is 61.9 Å². The van der Waals surface area contributed by atoms with Gasteiger partial charge in [-0.15, -0.1) is 0 Å². The van der Waals surface area contributed by atoms with Crippen LogP contribution in [0.5, 0.6) is 0 Å². The standard InChI is InChI=1S/C22H26O3/c1-2-3-4-9-20-19(22-23-12-13-24-22)15-21(25-20)18-11-10-16-7-5-6-8-17(16)14-18/h4-11,14,19-22H,2-3,12-13,15H2,1H3/b9-4+/t19-,20+,21-/m0/s1. The van der Waals surface area contributed by atoms with Crippen molar-refractivity contribution in [1.29, 1.82) is 0 Å². The predicted molar refractivity (Wildman–Crippen MR) is 99.4 cm³/mol. The number of hydrogen-bond donors (Lipinski definition) is 0. The molecule has 25 heavy (non-hydrogen) atoms. The molecule has 2 saturated heterocycles. The molecule has 2 aromatic rings. The fourth-order valence-electron chi connectivity index (χ4n) is 3.83. The summed E-state index contributed by atoms with van der Waals surface area (Å²) in [6.07, 6.45) is 7.63. The van der Waals surface area contributed by atoms with Gasteiger partial charge < -0.3 is 14.2 Å². The van der Waals surface area contributed by atoms with E-state index < -0.39 is 0 Å². The van der Waals surface area contributed by atoms with Gasteiger partial charge in [-0.3, -0.25) is 0 Å². The maximum absolute atomic E-state index is 6.42. The van der Waals surface area contributed by atoms with E-state index in [9.17, 15) is 0 Å². The van der Waals surface area contributed by atoms with Crippen LogP contribution < -0.4 is 0 Å². The molecular formula is C22H26O3. The van der Waals surface area contributed by atoms with Crippen molar-refractivity contribution in [3.8, 4) is 0 Å². The third kappa shape index (κ3) is 3.64. The first-order chi connectivity index (χ1) is 12.3. The Morgan fingerprint density at radius 1 is 1.04 bits per heavy atom. The summed E-state index contributed by atoms with van der Waals surface area (Å²) in [6, 6.07) is 15.1. The molecule has 2 aromatic carbocycles. The first kappa shape index (κ1) is 16.8. The SMILES string of the molecule is CCC/C=C/[C@H]1O[C@H](c2ccc3ccccc3c2)C[C@@H]1C1OCCO1. The van der Waals surface area contributed by atoms with Crippen molar-refractivity contribution in [2.45, 2.75) is 44.7 Å². The monoisotopic (exact) mass is 338 g/mol. The van der Waals surface area contributed by atoms with E-state index in [1.807, 2.05) is 0 Å². The molecule has 0 bridgehead atoms. The topological polar surface area (TPSA) is 27.7 Å². The summed E-state index contributed by atoms with van der Waals surface area (Å²) >= 11 is 0. The molecule has 132 valence electrons. The highest BCUT2D eigenvalue weighted by atomic mass is 16.7. The Bertz CT molecular complexity index is 733. The fraction of sp³-hybridized carbons (Fsp3) is 0.455. The van der Waals surface area contributed by atoms with Crippen LogP contribution >= 0.6 is 0 Å². The molecule has 0 amide bonds. The second-order valence-electron chi connectivity index (χ2n) is 6.92. The van der Waals surface area contributed by atoms with Crippen LogP contribution in [0, 0.1) is 5.92 Å². The van der Waals surface area contributed by atoms with Gasteiger partial charge in [0.1, 0.15) is 0 Å². The second-order valence-corrected chi connectivity index (χ2v) is 6.92. The maximum Gasteiger partial charge on any atom is 0.163 e. The minimum Gasteiger partial charge on any atom is -0.366 e. The zero-order valence-corrected chi connectivity index (χ0v) is 14.8. The Morgan fingerprint density at radius 3 is 2.64 bits per heavy atom. The lowest BCUT2D eigenvalue weighted by Gasteiger charge is -2.20. The lowest BCUT2D eigenvalue weighted by atomic mass is 9.94. The molecule has 2 fully saturated rings. The fourth-order valence-corrected chi connectivity index (χ4v) is 3.83. The average Bonchev–Trinajstić information content (AvgIpc) is 3.31. The van der Waals surface area contributed by atoms with Crippen molar-refractivity contribution in [3.05, 3.63) is 60.2 Å². The lowest BCUT2D eigenvalue weighted by molar-refractivity contribution is -0.0940. The van der Waals surface area contributed by atoms with E-state index in [1.54, 1.807) is 0 Å². The van der Waals surface area contributed by atoms with E-state index in [0.717, 1.165) is 19.3 Å². The number of allylic oxidation sites excluding steroid dienone is 1. The number of ether oxygens (including phenoxy) is 3. The van der Waals surface area contributed by atoms with Gasteiger partial charge in [0, 0.05) is 5.92 Å². The van der Waals surface area contributed by atoms with E-state index in [0.29, 0.717) is 13.2 Å². The van der Waals surface area contributed by atoms with Gasteiger partial charge in [0.05, 0.1) is 25.4 Å². The van der Waals surface area contributed by atoms with Crippen molar-refractivity contribution in [3.63, 3.8) is 0 Å². The summed E-state index contributed by atoms with van der Waals surface area (Å²) in [7, 11) is 0. The molecule has 0 spiro atoms. The van der Waals surface area contributed by atoms with Gasteiger partial charge >= 0.3 is 0 Å². The predicted octanol–water partition coefficient (Wildman–Crippen LogP) is 5.02. The number of benzene rings is 2. The molecule has 3 nitrogen and oxygen atoms in total. The number of fused-ring (bicyclic) bond motifs is 1. The van der Waals surface area contributed by atoms with E-state index >= 15 is 0 Å². The highest BCUT2D eigenvalue weighted by Crippen LogP contribution is 2.41. The van der Waals surface area contributed by atoms with Crippen LogP contribution in [0.4, 0.5) is 0 Å². The Morgan fingerprint density at radius 2 is 1.84 bits per heavy atom.